The summed E-state index contributed by atoms with van der Waals surface area (Å²) in [4.78, 5) is 20.5. The van der Waals surface area contributed by atoms with Crippen molar-refractivity contribution in [2.45, 2.75) is 75.7 Å². The Bertz CT molecular complexity index is 898. The molecule has 1 saturated heterocycles. The minimum absolute atomic E-state index is 0.0727. The standard InChI is InChI=1S/C25H29FN2O/c26-20-9-5-18(6-10-20)17-23-21(19-7-8-19)11-12-22(27-23)24(29)28-16-4-15-25(28)13-2-1-3-14-25/h5-6,9-12,19H,1-4,7-8,13-17H2. The number of nitrogens with zero attached hydrogens (tertiary/aromatic N) is 2. The molecule has 0 N–H and O–H groups in total. The number of carbonyl (C=O) groups is 1. The number of aromatic nitrogens is 1. The average Bonchev–Trinajstić information content (AvgIpc) is 3.51. The van der Waals surface area contributed by atoms with E-state index in [0.717, 1.165) is 43.5 Å². The maximum absolute atomic E-state index is 13.5. The average molecular weight is 393 g/mol. The number of carbonyl (C=O) groups excluding carboxylic acids is 1. The Morgan fingerprint density at radius 2 is 1.72 bits per heavy atom. The van der Waals surface area contributed by atoms with E-state index in [1.165, 1.54) is 49.8 Å². The summed E-state index contributed by atoms with van der Waals surface area (Å²) in [6.07, 6.45) is 11.3. The molecular formula is C25H29FN2O. The summed E-state index contributed by atoms with van der Waals surface area (Å²) in [6.45, 7) is 0.859. The maximum Gasteiger partial charge on any atom is 0.272 e. The van der Waals surface area contributed by atoms with Gasteiger partial charge in [-0.25, -0.2) is 9.37 Å². The number of hydrogen-bond acceptors (Lipinski definition) is 2. The molecule has 0 radical (unpaired) electrons. The summed E-state index contributed by atoms with van der Waals surface area (Å²) < 4.78 is 13.3. The van der Waals surface area contributed by atoms with Gasteiger partial charge in [0.25, 0.3) is 5.91 Å². The first-order valence-electron chi connectivity index (χ1n) is 11.2. The quantitative estimate of drug-likeness (QED) is 0.676. The lowest BCUT2D eigenvalue weighted by molar-refractivity contribution is 0.0494. The second-order valence-electron chi connectivity index (χ2n) is 9.16. The Labute approximate surface area is 172 Å². The van der Waals surface area contributed by atoms with E-state index in [1.807, 2.05) is 18.2 Å². The van der Waals surface area contributed by atoms with Gasteiger partial charge < -0.3 is 4.90 Å². The third-order valence-corrected chi connectivity index (χ3v) is 7.16. The Kier molecular flexibility index (Phi) is 4.89. The van der Waals surface area contributed by atoms with Gasteiger partial charge in [-0.15, -0.1) is 0 Å². The van der Waals surface area contributed by atoms with Crippen molar-refractivity contribution in [2.75, 3.05) is 6.54 Å². The van der Waals surface area contributed by atoms with Gasteiger partial charge in [0.2, 0.25) is 0 Å². The molecule has 0 bridgehead atoms. The summed E-state index contributed by atoms with van der Waals surface area (Å²) in [5.74, 6) is 0.450. The largest absolute Gasteiger partial charge is 0.332 e. The fourth-order valence-corrected chi connectivity index (χ4v) is 5.46. The SMILES string of the molecule is O=C(c1ccc(C2CC2)c(Cc2ccc(F)cc2)n1)N1CCCC12CCCCC2. The molecule has 0 unspecified atom stereocenters. The highest BCUT2D eigenvalue weighted by molar-refractivity contribution is 5.93. The Balaban J connectivity index is 1.44. The lowest BCUT2D eigenvalue weighted by atomic mass is 9.79. The van der Waals surface area contributed by atoms with Crippen LogP contribution in [0.1, 0.15) is 91.0 Å². The highest BCUT2D eigenvalue weighted by atomic mass is 19.1. The molecule has 2 aromatic rings. The van der Waals surface area contributed by atoms with Gasteiger partial charge >= 0.3 is 0 Å². The van der Waals surface area contributed by atoms with Crippen LogP contribution in [0.2, 0.25) is 0 Å². The van der Waals surface area contributed by atoms with Crippen LogP contribution in [0.4, 0.5) is 4.39 Å². The van der Waals surface area contributed by atoms with E-state index in [0.29, 0.717) is 18.0 Å². The fraction of sp³-hybridized carbons (Fsp3) is 0.520. The van der Waals surface area contributed by atoms with E-state index in [9.17, 15) is 9.18 Å². The molecule has 2 saturated carbocycles. The highest BCUT2D eigenvalue weighted by Crippen LogP contribution is 2.43. The zero-order valence-corrected chi connectivity index (χ0v) is 17.0. The van der Waals surface area contributed by atoms with Crippen LogP contribution in [-0.2, 0) is 6.42 Å². The molecule has 29 heavy (non-hydrogen) atoms. The van der Waals surface area contributed by atoms with E-state index >= 15 is 0 Å². The Morgan fingerprint density at radius 3 is 2.45 bits per heavy atom. The van der Waals surface area contributed by atoms with Gasteiger partial charge in [-0.1, -0.05) is 37.5 Å². The predicted molar refractivity (Wildman–Crippen MR) is 112 cm³/mol. The van der Waals surface area contributed by atoms with E-state index in [-0.39, 0.29) is 17.3 Å². The molecule has 1 aromatic heterocycles. The molecule has 3 nitrogen and oxygen atoms in total. The number of halogens is 1. The first-order chi connectivity index (χ1) is 14.1. The summed E-state index contributed by atoms with van der Waals surface area (Å²) in [7, 11) is 0. The minimum atomic E-state index is -0.222. The van der Waals surface area contributed by atoms with Gasteiger partial charge in [-0.2, -0.15) is 0 Å². The molecule has 2 heterocycles. The molecular weight excluding hydrogens is 363 g/mol. The molecule has 1 aliphatic heterocycles. The first kappa shape index (κ1) is 18.8. The molecule has 1 spiro atoms. The molecule has 4 heteroatoms. The zero-order valence-electron chi connectivity index (χ0n) is 17.0. The first-order valence-corrected chi connectivity index (χ1v) is 11.2. The smallest absolute Gasteiger partial charge is 0.272 e. The van der Waals surface area contributed by atoms with Gasteiger partial charge in [0.15, 0.2) is 0 Å². The second-order valence-corrected chi connectivity index (χ2v) is 9.16. The summed E-state index contributed by atoms with van der Waals surface area (Å²) >= 11 is 0. The van der Waals surface area contributed by atoms with Crippen molar-refractivity contribution in [3.63, 3.8) is 0 Å². The third-order valence-electron chi connectivity index (χ3n) is 7.16. The molecule has 3 aliphatic rings. The minimum Gasteiger partial charge on any atom is -0.332 e. The molecule has 0 atom stereocenters. The van der Waals surface area contributed by atoms with Crippen LogP contribution in [0.15, 0.2) is 36.4 Å². The van der Waals surface area contributed by atoms with Crippen LogP contribution in [0, 0.1) is 5.82 Å². The van der Waals surface area contributed by atoms with Gasteiger partial charge in [-0.05, 0) is 73.8 Å². The van der Waals surface area contributed by atoms with Crippen molar-refractivity contribution in [3.05, 3.63) is 64.7 Å². The van der Waals surface area contributed by atoms with Gasteiger partial charge in [0.1, 0.15) is 11.5 Å². The van der Waals surface area contributed by atoms with Gasteiger partial charge in [0, 0.05) is 24.2 Å². The van der Waals surface area contributed by atoms with Crippen LogP contribution in [0.25, 0.3) is 0 Å². The van der Waals surface area contributed by atoms with Gasteiger partial charge in [0.05, 0.1) is 0 Å². The van der Waals surface area contributed by atoms with Crippen molar-refractivity contribution >= 4 is 5.91 Å². The molecule has 1 amide bonds. The molecule has 1 aromatic carbocycles. The predicted octanol–water partition coefficient (Wildman–Crippen LogP) is 5.63. The number of rotatable bonds is 4. The van der Waals surface area contributed by atoms with Crippen LogP contribution in [-0.4, -0.2) is 27.9 Å². The van der Waals surface area contributed by atoms with E-state index in [4.69, 9.17) is 4.98 Å². The second kappa shape index (κ2) is 7.55. The number of amides is 1. The van der Waals surface area contributed by atoms with Gasteiger partial charge in [-0.3, -0.25) is 4.79 Å². The van der Waals surface area contributed by atoms with E-state index < -0.39 is 0 Å². The number of benzene rings is 1. The third kappa shape index (κ3) is 3.70. The van der Waals surface area contributed by atoms with Crippen molar-refractivity contribution in [1.82, 2.24) is 9.88 Å². The van der Waals surface area contributed by atoms with E-state index in [1.54, 1.807) is 0 Å². The van der Waals surface area contributed by atoms with Crippen LogP contribution < -0.4 is 0 Å². The molecule has 3 fully saturated rings. The normalized spacial score (nSPS) is 20.9. The number of hydrogen-bond donors (Lipinski definition) is 0. The lowest BCUT2D eigenvalue weighted by Crippen LogP contribution is -2.48. The monoisotopic (exact) mass is 392 g/mol. The topological polar surface area (TPSA) is 33.2 Å². The molecule has 5 rings (SSSR count). The Hall–Kier alpha value is -2.23. The maximum atomic E-state index is 13.5. The van der Waals surface area contributed by atoms with Crippen LogP contribution >= 0.6 is 0 Å². The molecule has 152 valence electrons. The molecule has 2 aliphatic carbocycles. The lowest BCUT2D eigenvalue weighted by Gasteiger charge is -2.41. The number of likely N-dealkylation sites (tertiary alicyclic amines) is 1. The summed E-state index contributed by atoms with van der Waals surface area (Å²) in [5, 5.41) is 0. The van der Waals surface area contributed by atoms with Crippen molar-refractivity contribution < 1.29 is 9.18 Å². The zero-order chi connectivity index (χ0) is 19.8. The van der Waals surface area contributed by atoms with Crippen LogP contribution in [0.3, 0.4) is 0 Å². The Morgan fingerprint density at radius 1 is 1.00 bits per heavy atom. The highest BCUT2D eigenvalue weighted by Gasteiger charge is 2.44. The summed E-state index contributed by atoms with van der Waals surface area (Å²) in [6, 6.07) is 10.7. The fourth-order valence-electron chi connectivity index (χ4n) is 5.46. The van der Waals surface area contributed by atoms with Crippen molar-refractivity contribution in [3.8, 4) is 0 Å². The van der Waals surface area contributed by atoms with Crippen LogP contribution in [0.5, 0.6) is 0 Å². The van der Waals surface area contributed by atoms with Crippen molar-refractivity contribution in [1.29, 1.82) is 0 Å². The van der Waals surface area contributed by atoms with Crippen molar-refractivity contribution in [2.24, 2.45) is 0 Å². The number of pyridine rings is 1. The summed E-state index contributed by atoms with van der Waals surface area (Å²) in [5.41, 5.74) is 3.94. The van der Waals surface area contributed by atoms with E-state index in [2.05, 4.69) is 11.0 Å².